The molecule has 1 heteroatoms. The highest BCUT2D eigenvalue weighted by atomic mass is 14.9. The molecular weight excluding hydrogens is 98.1 g/mol. The molecule has 1 atom stereocenters. The van der Waals surface area contributed by atoms with Gasteiger partial charge >= 0.3 is 0 Å². The van der Waals surface area contributed by atoms with Gasteiger partial charge in [0.2, 0.25) is 0 Å². The lowest BCUT2D eigenvalue weighted by Crippen LogP contribution is -2.30. The first kappa shape index (κ1) is 7.52. The highest BCUT2D eigenvalue weighted by Gasteiger charge is 1.95. The molecule has 0 saturated carbocycles. The first-order valence-corrected chi connectivity index (χ1v) is 2.89. The molecule has 0 bridgehead atoms. The van der Waals surface area contributed by atoms with Crippen molar-refractivity contribution in [2.75, 3.05) is 0 Å². The fourth-order valence-electron chi connectivity index (χ4n) is 0.548. The van der Waals surface area contributed by atoms with Gasteiger partial charge in [0, 0.05) is 6.04 Å². The Kier molecular flexibility index (Phi) is 3.30. The quantitative estimate of drug-likeness (QED) is 0.524. The Bertz CT molecular complexity index is 89.1. The lowest BCUT2D eigenvalue weighted by molar-refractivity contribution is 0.559. The van der Waals surface area contributed by atoms with Gasteiger partial charge in [-0.05, 0) is 20.8 Å². The van der Waals surface area contributed by atoms with E-state index in [4.69, 9.17) is 6.42 Å². The summed E-state index contributed by atoms with van der Waals surface area (Å²) in [6.07, 6.45) is 5.11. The maximum atomic E-state index is 5.11. The zero-order valence-electron chi connectivity index (χ0n) is 5.73. The van der Waals surface area contributed by atoms with Gasteiger partial charge in [0.15, 0.2) is 0 Å². The molecule has 0 aliphatic carbocycles. The summed E-state index contributed by atoms with van der Waals surface area (Å²) < 4.78 is 0. The third kappa shape index (κ3) is 3.70. The number of hydrogen-bond acceptors (Lipinski definition) is 1. The van der Waals surface area contributed by atoms with Crippen LogP contribution in [0, 0.1) is 12.3 Å². The van der Waals surface area contributed by atoms with E-state index < -0.39 is 0 Å². The van der Waals surface area contributed by atoms with Crippen molar-refractivity contribution in [2.24, 2.45) is 0 Å². The van der Waals surface area contributed by atoms with Crippen LogP contribution in [0.1, 0.15) is 20.8 Å². The molecule has 0 amide bonds. The first-order chi connectivity index (χ1) is 3.66. The Morgan fingerprint density at radius 3 is 2.00 bits per heavy atom. The van der Waals surface area contributed by atoms with Gasteiger partial charge in [-0.25, -0.2) is 0 Å². The van der Waals surface area contributed by atoms with Crippen LogP contribution in [0.5, 0.6) is 0 Å². The van der Waals surface area contributed by atoms with Gasteiger partial charge in [0.1, 0.15) is 0 Å². The highest BCUT2D eigenvalue weighted by Crippen LogP contribution is 1.81. The summed E-state index contributed by atoms with van der Waals surface area (Å²) in [6, 6.07) is 0.691. The van der Waals surface area contributed by atoms with Crippen molar-refractivity contribution in [1.82, 2.24) is 5.32 Å². The average Bonchev–Trinajstić information content (AvgIpc) is 1.65. The van der Waals surface area contributed by atoms with E-state index in [9.17, 15) is 0 Å². The van der Waals surface area contributed by atoms with Crippen molar-refractivity contribution in [1.29, 1.82) is 0 Å². The Morgan fingerprint density at radius 2 is 1.88 bits per heavy atom. The van der Waals surface area contributed by atoms with Crippen molar-refractivity contribution < 1.29 is 0 Å². The minimum atomic E-state index is 0.204. The summed E-state index contributed by atoms with van der Waals surface area (Å²) in [7, 11) is 0. The van der Waals surface area contributed by atoms with Crippen molar-refractivity contribution in [2.45, 2.75) is 32.9 Å². The second-order valence-corrected chi connectivity index (χ2v) is 2.21. The molecule has 0 fully saturated rings. The van der Waals surface area contributed by atoms with E-state index in [2.05, 4.69) is 25.1 Å². The molecule has 0 heterocycles. The molecule has 0 rings (SSSR count). The van der Waals surface area contributed by atoms with Crippen LogP contribution < -0.4 is 5.32 Å². The fourth-order valence-corrected chi connectivity index (χ4v) is 0.548. The van der Waals surface area contributed by atoms with Gasteiger partial charge in [-0.3, -0.25) is 0 Å². The summed E-state index contributed by atoms with van der Waals surface area (Å²) in [5, 5.41) is 3.16. The summed E-state index contributed by atoms with van der Waals surface area (Å²) in [4.78, 5) is 0. The zero-order valence-corrected chi connectivity index (χ0v) is 5.73. The minimum absolute atomic E-state index is 0.204. The maximum absolute atomic E-state index is 5.11. The molecule has 0 aromatic carbocycles. The van der Waals surface area contributed by atoms with Crippen molar-refractivity contribution >= 4 is 0 Å². The second kappa shape index (κ2) is 3.51. The van der Waals surface area contributed by atoms with Gasteiger partial charge in [0.05, 0.1) is 6.04 Å². The first-order valence-electron chi connectivity index (χ1n) is 2.89. The van der Waals surface area contributed by atoms with Crippen molar-refractivity contribution in [3.63, 3.8) is 0 Å². The van der Waals surface area contributed by atoms with Crippen LogP contribution in [0.3, 0.4) is 0 Å². The molecule has 1 nitrogen and oxygen atoms in total. The predicted molar refractivity (Wildman–Crippen MR) is 36.6 cm³/mol. The Balaban J connectivity index is 3.28. The maximum Gasteiger partial charge on any atom is 0.0660 e. The molecule has 0 aliphatic rings. The Morgan fingerprint density at radius 1 is 1.38 bits per heavy atom. The number of hydrogen-bond donors (Lipinski definition) is 1. The molecule has 0 spiro atoms. The van der Waals surface area contributed by atoms with E-state index in [0.717, 1.165) is 0 Å². The summed E-state index contributed by atoms with van der Waals surface area (Å²) in [6.45, 7) is 6.13. The van der Waals surface area contributed by atoms with E-state index >= 15 is 0 Å². The van der Waals surface area contributed by atoms with Gasteiger partial charge in [-0.2, -0.15) is 0 Å². The lowest BCUT2D eigenvalue weighted by atomic mass is 10.3. The van der Waals surface area contributed by atoms with E-state index in [1.165, 1.54) is 0 Å². The molecule has 8 heavy (non-hydrogen) atoms. The number of nitrogens with one attached hydrogen (secondary N) is 1. The van der Waals surface area contributed by atoms with Crippen LogP contribution in [-0.2, 0) is 0 Å². The Labute approximate surface area is 51.5 Å². The second-order valence-electron chi connectivity index (χ2n) is 2.21. The van der Waals surface area contributed by atoms with E-state index in [0.29, 0.717) is 6.04 Å². The predicted octanol–water partition coefficient (Wildman–Crippen LogP) is 1.01. The standard InChI is InChI=1S/C7H13N/c1-5-7(4)8-6(2)3/h1,6-8H,2-4H3. The topological polar surface area (TPSA) is 12.0 Å². The van der Waals surface area contributed by atoms with Gasteiger partial charge in [-0.1, -0.05) is 5.92 Å². The molecule has 0 aromatic heterocycles. The monoisotopic (exact) mass is 111 g/mol. The largest absolute Gasteiger partial charge is 0.302 e. The van der Waals surface area contributed by atoms with Crippen LogP contribution >= 0.6 is 0 Å². The highest BCUT2D eigenvalue weighted by molar-refractivity contribution is 4.96. The summed E-state index contributed by atoms with van der Waals surface area (Å²) >= 11 is 0. The molecule has 0 aromatic rings. The van der Waals surface area contributed by atoms with Crippen LogP contribution in [-0.4, -0.2) is 12.1 Å². The molecule has 0 aliphatic heterocycles. The SMILES string of the molecule is C#CC(C)NC(C)C. The summed E-state index contributed by atoms with van der Waals surface area (Å²) in [5.41, 5.74) is 0. The van der Waals surface area contributed by atoms with Crippen molar-refractivity contribution in [3.05, 3.63) is 0 Å². The van der Waals surface area contributed by atoms with Gasteiger partial charge in [0.25, 0.3) is 0 Å². The van der Waals surface area contributed by atoms with E-state index in [1.807, 2.05) is 6.92 Å². The zero-order chi connectivity index (χ0) is 6.57. The molecular formula is C7H13N. The third-order valence-corrected chi connectivity index (χ3v) is 0.833. The van der Waals surface area contributed by atoms with Gasteiger partial charge in [-0.15, -0.1) is 6.42 Å². The summed E-state index contributed by atoms with van der Waals surface area (Å²) in [5.74, 6) is 2.59. The molecule has 0 saturated heterocycles. The van der Waals surface area contributed by atoms with E-state index in [1.54, 1.807) is 0 Å². The minimum Gasteiger partial charge on any atom is -0.302 e. The normalized spacial score (nSPS) is 13.4. The van der Waals surface area contributed by atoms with Crippen LogP contribution in [0.25, 0.3) is 0 Å². The van der Waals surface area contributed by atoms with Gasteiger partial charge < -0.3 is 5.32 Å². The molecule has 1 unspecified atom stereocenters. The van der Waals surface area contributed by atoms with Crippen LogP contribution in [0.4, 0.5) is 0 Å². The fraction of sp³-hybridized carbons (Fsp3) is 0.714. The van der Waals surface area contributed by atoms with Crippen LogP contribution in [0.2, 0.25) is 0 Å². The Hall–Kier alpha value is -0.480. The van der Waals surface area contributed by atoms with Crippen LogP contribution in [0.15, 0.2) is 0 Å². The smallest absolute Gasteiger partial charge is 0.0660 e. The van der Waals surface area contributed by atoms with Crippen molar-refractivity contribution in [3.8, 4) is 12.3 Å². The molecule has 0 radical (unpaired) electrons. The third-order valence-electron chi connectivity index (χ3n) is 0.833. The molecule has 1 N–H and O–H groups in total. The number of terminal acetylenes is 1. The van der Waals surface area contributed by atoms with E-state index in [-0.39, 0.29) is 6.04 Å². The lowest BCUT2D eigenvalue weighted by Gasteiger charge is -2.09. The molecule has 46 valence electrons. The number of rotatable bonds is 2. The average molecular weight is 111 g/mol.